The Morgan fingerprint density at radius 2 is 0.525 bits per heavy atom. The molecule has 16 atom stereocenters. The Morgan fingerprint density at radius 1 is 0.305 bits per heavy atom. The van der Waals surface area contributed by atoms with E-state index in [1.165, 1.54) is 50.2 Å². The Hall–Kier alpha value is -12.4. The van der Waals surface area contributed by atoms with E-state index < -0.39 is 138 Å². The second-order valence-electron chi connectivity index (χ2n) is 36.9. The van der Waals surface area contributed by atoms with Gasteiger partial charge in [0.2, 0.25) is 0 Å². The fraction of sp³-hybridized carbons (Fsp3) is 0.376. The number of carbonyl (C=O) groups is 4. The van der Waals surface area contributed by atoms with Crippen molar-refractivity contribution in [2.45, 2.75) is 212 Å². The molecule has 0 radical (unpaired) electrons. The summed E-state index contributed by atoms with van der Waals surface area (Å²) >= 11 is 0. The van der Waals surface area contributed by atoms with Crippen LogP contribution in [0.15, 0.2) is 183 Å². The average molecular weight is 1950 g/mol. The summed E-state index contributed by atoms with van der Waals surface area (Å²) in [6.45, 7) is 19.2. The van der Waals surface area contributed by atoms with Gasteiger partial charge in [-0.15, -0.1) is 0 Å². The molecule has 4 aliphatic rings. The highest BCUT2D eigenvalue weighted by molar-refractivity contribution is 5.99. The lowest BCUT2D eigenvalue weighted by atomic mass is 9.73. The number of nitrogens with two attached hydrogens (primary N) is 4. The Bertz CT molecular complexity index is 6160. The van der Waals surface area contributed by atoms with Gasteiger partial charge in [-0.05, 0) is 310 Å². The molecule has 16 rings (SSSR count). The van der Waals surface area contributed by atoms with Gasteiger partial charge in [-0.3, -0.25) is 39.1 Å². The van der Waals surface area contributed by atoms with Crippen LogP contribution in [-0.2, 0) is 44.6 Å². The minimum absolute atomic E-state index is 0.0104. The third-order valence-electron chi connectivity index (χ3n) is 26.8. The molecule has 4 aromatic carbocycles. The number of pyridine rings is 8. The van der Waals surface area contributed by atoms with Gasteiger partial charge in [0.1, 0.15) is 115 Å². The first-order valence-electron chi connectivity index (χ1n) is 47.2. The quantitative estimate of drug-likeness (QED) is 0.0274. The maximum absolute atomic E-state index is 14.5. The maximum atomic E-state index is 14.5. The number of hydrogen-bond donors (Lipinski definition) is 4. The van der Waals surface area contributed by atoms with Crippen molar-refractivity contribution in [1.82, 2.24) is 39.9 Å². The fourth-order valence-corrected chi connectivity index (χ4v) is 20.5. The number of nitrogens with zero attached hydrogens (tertiary/aromatic N) is 8. The van der Waals surface area contributed by atoms with Gasteiger partial charge in [0, 0.05) is 126 Å². The minimum Gasteiger partial charge on any atom is -0.380 e. The molecule has 8 aromatic heterocycles. The summed E-state index contributed by atoms with van der Waals surface area (Å²) in [6.07, 6.45) is 19.4. The van der Waals surface area contributed by atoms with Crippen molar-refractivity contribution in [2.75, 3.05) is 26.9 Å². The summed E-state index contributed by atoms with van der Waals surface area (Å²) in [5.74, 6) is -11.3. The van der Waals surface area contributed by atoms with Gasteiger partial charge < -0.3 is 41.9 Å². The highest BCUT2D eigenvalue weighted by Gasteiger charge is 2.41. The number of Topliss-reactive ketones (excluding diaryl/α,β-unsaturated/α-hetero) is 4. The van der Waals surface area contributed by atoms with E-state index in [-0.39, 0.29) is 144 Å². The molecule has 12 aromatic rings. The van der Waals surface area contributed by atoms with Crippen LogP contribution in [-0.4, -0.2) is 139 Å². The second kappa shape index (κ2) is 47.9. The Labute approximate surface area is 811 Å². The van der Waals surface area contributed by atoms with E-state index in [4.69, 9.17) is 41.9 Å². The zero-order valence-corrected chi connectivity index (χ0v) is 79.9. The van der Waals surface area contributed by atoms with Crippen LogP contribution in [0.5, 0.6) is 0 Å². The third-order valence-corrected chi connectivity index (χ3v) is 26.8. The number of halogens is 12. The highest BCUT2D eigenvalue weighted by atomic mass is 19.2. The molecular formula is C109H114F12N12O8. The van der Waals surface area contributed by atoms with Crippen LogP contribution in [0.2, 0.25) is 0 Å². The molecule has 20 nitrogen and oxygen atoms in total. The monoisotopic (exact) mass is 1950 g/mol. The summed E-state index contributed by atoms with van der Waals surface area (Å²) in [5, 5.41) is 0. The van der Waals surface area contributed by atoms with Gasteiger partial charge in [-0.2, -0.15) is 0 Å². The molecule has 0 bridgehead atoms. The lowest BCUT2D eigenvalue weighted by Crippen LogP contribution is -2.46. The average Bonchev–Trinajstić information content (AvgIpc) is 0.795. The van der Waals surface area contributed by atoms with Crippen LogP contribution in [0, 0.1) is 107 Å². The number of rotatable bonds is 27. The molecule has 141 heavy (non-hydrogen) atoms. The number of ether oxygens (including phenoxy) is 4. The number of benzene rings is 4. The molecule has 0 spiro atoms. The fourth-order valence-electron chi connectivity index (χ4n) is 20.5. The Kier molecular flexibility index (Phi) is 36.0. The molecule has 4 saturated carbocycles. The van der Waals surface area contributed by atoms with E-state index in [1.807, 2.05) is 45.0 Å². The van der Waals surface area contributed by atoms with Crippen LogP contribution in [0.4, 0.5) is 52.7 Å². The highest BCUT2D eigenvalue weighted by Crippen LogP contribution is 2.45. The van der Waals surface area contributed by atoms with Crippen LogP contribution in [0.1, 0.15) is 221 Å². The van der Waals surface area contributed by atoms with E-state index in [0.29, 0.717) is 56.6 Å². The number of aromatic nitrogens is 8. The number of carbonyl (C=O) groups excluding carboxylic acids is 4. The van der Waals surface area contributed by atoms with Crippen LogP contribution >= 0.6 is 0 Å². The van der Waals surface area contributed by atoms with Crippen LogP contribution in [0.25, 0.3) is 45.0 Å². The molecule has 742 valence electrons. The van der Waals surface area contributed by atoms with Gasteiger partial charge in [-0.25, -0.2) is 72.6 Å². The second-order valence-corrected chi connectivity index (χ2v) is 36.9. The molecule has 0 amide bonds. The third kappa shape index (κ3) is 25.2. The molecule has 32 heteroatoms. The van der Waals surface area contributed by atoms with Crippen molar-refractivity contribution in [3.63, 3.8) is 0 Å². The lowest BCUT2D eigenvalue weighted by molar-refractivity contribution is -0.0163. The van der Waals surface area contributed by atoms with Crippen molar-refractivity contribution in [2.24, 2.45) is 46.6 Å². The van der Waals surface area contributed by atoms with E-state index in [0.717, 1.165) is 143 Å². The predicted molar refractivity (Wildman–Crippen MR) is 510 cm³/mol. The molecule has 8 N–H and O–H groups in total. The van der Waals surface area contributed by atoms with Gasteiger partial charge in [0.25, 0.3) is 0 Å². The molecule has 0 unspecified atom stereocenters. The number of methoxy groups -OCH3 is 1. The van der Waals surface area contributed by atoms with Crippen molar-refractivity contribution < 1.29 is 90.8 Å². The molecule has 0 aliphatic heterocycles. The van der Waals surface area contributed by atoms with Gasteiger partial charge >= 0.3 is 0 Å². The lowest BCUT2D eigenvalue weighted by Gasteiger charge is -2.39. The van der Waals surface area contributed by atoms with E-state index in [2.05, 4.69) is 67.6 Å². The van der Waals surface area contributed by atoms with Crippen molar-refractivity contribution in [1.29, 1.82) is 0 Å². The summed E-state index contributed by atoms with van der Waals surface area (Å²) in [6, 6.07) is 26.8. The Balaban J connectivity index is 0.000000158. The SMILES string of the molecule is CCO[C@@H]1[C@H](C)C[C@H](c2ccncc2CC(=O)c2ccc(F)c(-c3c(F)cc(C)cc3F)n2)C[C@@H]1N.CCO[C@@H]1[C@H](C)C[C@H](c2ccncc2CC(=O)c2ccc(F)c(-c3c(F)cccc3F)n2)C[C@@H]1N.CCO[C@@H]1[C@H](N)C[C@H](c2ccncc2CC(=O)c2ccc(F)c(-c3c(F)cc(C)cc3F)n2)C[C@@H]1C.CO[C@@H]1[C@H](N)C[C@H](c2ccncc2CC(=O)c2ccc(F)c(-c3c(F)cccc3F)n2)C[C@@H]1C. The molecule has 4 aliphatic carbocycles. The first-order chi connectivity index (χ1) is 67.5. The van der Waals surface area contributed by atoms with Gasteiger partial charge in [-0.1, -0.05) is 39.8 Å². The molecule has 8 heterocycles. The van der Waals surface area contributed by atoms with Crippen molar-refractivity contribution in [3.8, 4) is 45.0 Å². The normalized spacial score (nSPS) is 22.2. The zero-order chi connectivity index (χ0) is 101. The topological polar surface area (TPSA) is 312 Å². The largest absolute Gasteiger partial charge is 0.380 e. The van der Waals surface area contributed by atoms with E-state index in [9.17, 15) is 71.9 Å². The van der Waals surface area contributed by atoms with Gasteiger partial charge in [0.15, 0.2) is 23.1 Å². The molecular weight excluding hydrogens is 1830 g/mol. The summed E-state index contributed by atoms with van der Waals surface area (Å²) in [5.41, 5.74) is 28.3. The minimum atomic E-state index is -0.956. The maximum Gasteiger partial charge on any atom is 0.185 e. The van der Waals surface area contributed by atoms with E-state index in [1.54, 1.807) is 56.7 Å². The van der Waals surface area contributed by atoms with Crippen molar-refractivity contribution in [3.05, 3.63) is 331 Å². The summed E-state index contributed by atoms with van der Waals surface area (Å²) < 4.78 is 196. The van der Waals surface area contributed by atoms with Crippen LogP contribution in [0.3, 0.4) is 0 Å². The summed E-state index contributed by atoms with van der Waals surface area (Å²) in [4.78, 5) is 85.4. The first kappa shape index (κ1) is 106. The number of hydrogen-bond acceptors (Lipinski definition) is 20. The number of ketones is 4. The zero-order valence-electron chi connectivity index (χ0n) is 79.9. The summed E-state index contributed by atoms with van der Waals surface area (Å²) in [7, 11) is 1.66. The molecule has 4 fully saturated rings. The first-order valence-corrected chi connectivity index (χ1v) is 47.2. The van der Waals surface area contributed by atoms with Crippen molar-refractivity contribution >= 4 is 23.1 Å². The van der Waals surface area contributed by atoms with Crippen LogP contribution < -0.4 is 22.9 Å². The predicted octanol–water partition coefficient (Wildman–Crippen LogP) is 21.2. The number of aryl methyl sites for hydroxylation is 2. The van der Waals surface area contributed by atoms with E-state index >= 15 is 0 Å². The smallest absolute Gasteiger partial charge is 0.185 e. The Morgan fingerprint density at radius 3 is 0.738 bits per heavy atom. The standard InChI is InChI=1S/2C28H30F3N3O2.C27H28F3N3O2.C26H26F3N3O2/c2*1-4-36-28-16(3)11-17(12-23(28)32)19-7-8-33-14-18(19)13-25(35)24-6-5-20(29)27(34-24)26-21(30)9-15(2)10-22(26)31;1-3-35-27-15(2)11-16(12-22(27)31)18-9-10-32-14-17(18)13-24(34)23-8-7-21(30)26(33-23)25-19(28)5-4-6-20(25)29;1-14-10-15(11-21(30)26(14)34-2)17-8-9-31-13-16(17)12-23(33)22-7-6-20(29)25(32-22)24-18(27)4-3-5-19(24)28/h2*5-10,14,16-17,23,28H,4,11-13,32H2,1-3H3;4-10,14-16,22,27H,3,11-13,31H2,1-2H3;3-9,13-15,21,26H,10-12,30H2,1-2H3/t2*16-,17+,23+,28-;15-,16+,22+,27-;14-,15+,21+,26-/m1010/s1. The molecule has 0 saturated heterocycles. The van der Waals surface area contributed by atoms with Gasteiger partial charge in [0.05, 0.1) is 46.7 Å².